The molecule has 2 bridgehead atoms. The Morgan fingerprint density at radius 2 is 1.50 bits per heavy atom. The van der Waals surface area contributed by atoms with Crippen molar-refractivity contribution in [3.63, 3.8) is 0 Å². The summed E-state index contributed by atoms with van der Waals surface area (Å²) < 4.78 is 5.63. The molecule has 6 atom stereocenters. The molecular formula is C25H21NO4. The largest absolute Gasteiger partial charge is 0.421 e. The molecule has 4 aliphatic carbocycles. The minimum Gasteiger partial charge on any atom is -0.421 e. The minimum absolute atomic E-state index is 0.159. The SMILES string of the molecule is Cc1ccc(C(=O)Oc2ccccc2N2C(=O)[C@@H]3[C@H]4C=C[C@@H]([C@@H]5C[C@H]45)[C@H]3C2=O)cc1. The van der Waals surface area contributed by atoms with E-state index in [-0.39, 0.29) is 41.2 Å². The fraction of sp³-hybridized carbons (Fsp3) is 0.320. The third kappa shape index (κ3) is 2.38. The van der Waals surface area contributed by atoms with Crippen molar-refractivity contribution in [3.05, 3.63) is 71.8 Å². The molecule has 1 heterocycles. The van der Waals surface area contributed by atoms with E-state index < -0.39 is 5.97 Å². The van der Waals surface area contributed by atoms with Gasteiger partial charge in [-0.3, -0.25) is 9.59 Å². The predicted molar refractivity (Wildman–Crippen MR) is 110 cm³/mol. The van der Waals surface area contributed by atoms with E-state index in [1.165, 1.54) is 4.90 Å². The number of amides is 2. The van der Waals surface area contributed by atoms with E-state index in [2.05, 4.69) is 12.2 Å². The van der Waals surface area contributed by atoms with Crippen molar-refractivity contribution in [2.75, 3.05) is 4.90 Å². The first-order chi connectivity index (χ1) is 14.5. The van der Waals surface area contributed by atoms with Crippen molar-refractivity contribution in [2.45, 2.75) is 13.3 Å². The molecule has 1 saturated heterocycles. The number of anilines is 1. The lowest BCUT2D eigenvalue weighted by Crippen LogP contribution is -2.40. The lowest BCUT2D eigenvalue weighted by atomic mass is 9.63. The van der Waals surface area contributed by atoms with Crippen molar-refractivity contribution < 1.29 is 19.1 Å². The molecule has 3 fully saturated rings. The van der Waals surface area contributed by atoms with Crippen LogP contribution in [-0.4, -0.2) is 17.8 Å². The number of nitrogens with zero attached hydrogens (tertiary/aromatic N) is 1. The van der Waals surface area contributed by atoms with Crippen LogP contribution < -0.4 is 9.64 Å². The Labute approximate surface area is 174 Å². The summed E-state index contributed by atoms with van der Waals surface area (Å²) in [5, 5.41) is 0. The number of allylic oxidation sites excluding steroid dienone is 2. The maximum absolute atomic E-state index is 13.4. The third-order valence-electron chi connectivity index (χ3n) is 7.26. The second-order valence-corrected chi connectivity index (χ2v) is 8.89. The monoisotopic (exact) mass is 399 g/mol. The number of aryl methyl sites for hydroxylation is 1. The van der Waals surface area contributed by atoms with Gasteiger partial charge in [-0.2, -0.15) is 0 Å². The molecule has 0 unspecified atom stereocenters. The molecule has 150 valence electrons. The highest BCUT2D eigenvalue weighted by atomic mass is 16.5. The number of carbonyl (C=O) groups is 3. The van der Waals surface area contributed by atoms with Gasteiger partial charge >= 0.3 is 5.97 Å². The zero-order chi connectivity index (χ0) is 20.6. The average Bonchev–Trinajstić information content (AvgIpc) is 3.53. The Bertz CT molecular complexity index is 1080. The van der Waals surface area contributed by atoms with E-state index in [9.17, 15) is 14.4 Å². The van der Waals surface area contributed by atoms with E-state index in [1.807, 2.05) is 19.1 Å². The molecule has 5 aliphatic rings. The fourth-order valence-corrected chi connectivity index (χ4v) is 5.77. The predicted octanol–water partition coefficient (Wildman–Crippen LogP) is 3.77. The highest BCUT2D eigenvalue weighted by Gasteiger charge is 2.67. The fourth-order valence-electron chi connectivity index (χ4n) is 5.77. The molecule has 2 amide bonds. The number of ether oxygens (including phenoxy) is 1. The van der Waals surface area contributed by atoms with Gasteiger partial charge in [-0.05, 0) is 61.3 Å². The highest BCUT2D eigenvalue weighted by molar-refractivity contribution is 6.23. The molecule has 2 aromatic carbocycles. The Morgan fingerprint density at radius 3 is 2.13 bits per heavy atom. The van der Waals surface area contributed by atoms with Crippen LogP contribution in [-0.2, 0) is 9.59 Å². The Kier molecular flexibility index (Phi) is 3.61. The van der Waals surface area contributed by atoms with Gasteiger partial charge in [0.25, 0.3) is 0 Å². The number of imide groups is 1. The van der Waals surface area contributed by atoms with Gasteiger partial charge < -0.3 is 4.74 Å². The Morgan fingerprint density at radius 1 is 0.900 bits per heavy atom. The molecule has 5 heteroatoms. The zero-order valence-corrected chi connectivity index (χ0v) is 16.5. The molecule has 7 rings (SSSR count). The number of carbonyl (C=O) groups excluding carboxylic acids is 3. The summed E-state index contributed by atoms with van der Waals surface area (Å²) in [5.41, 5.74) is 1.82. The van der Waals surface area contributed by atoms with E-state index in [0.717, 1.165) is 12.0 Å². The lowest BCUT2D eigenvalue weighted by Gasteiger charge is -2.37. The molecule has 0 N–H and O–H groups in total. The number of para-hydroxylation sites is 2. The summed E-state index contributed by atoms with van der Waals surface area (Å²) in [7, 11) is 0. The normalized spacial score (nSPS) is 32.8. The molecule has 0 radical (unpaired) electrons. The summed E-state index contributed by atoms with van der Waals surface area (Å²) in [5.74, 6) is 0.259. The molecule has 5 nitrogen and oxygen atoms in total. The summed E-state index contributed by atoms with van der Waals surface area (Å²) in [6, 6.07) is 13.9. The molecule has 0 spiro atoms. The van der Waals surface area contributed by atoms with Crippen LogP contribution in [0.3, 0.4) is 0 Å². The number of esters is 1. The highest BCUT2D eigenvalue weighted by Crippen LogP contribution is 2.65. The van der Waals surface area contributed by atoms with Gasteiger partial charge in [0, 0.05) is 0 Å². The maximum atomic E-state index is 13.4. The van der Waals surface area contributed by atoms with Gasteiger partial charge in [-0.15, -0.1) is 0 Å². The quantitative estimate of drug-likeness (QED) is 0.341. The van der Waals surface area contributed by atoms with E-state index in [1.54, 1.807) is 36.4 Å². The van der Waals surface area contributed by atoms with Gasteiger partial charge in [0.05, 0.1) is 23.1 Å². The van der Waals surface area contributed by atoms with Crippen LogP contribution in [0.5, 0.6) is 5.75 Å². The average molecular weight is 399 g/mol. The standard InChI is InChI=1S/C25H21NO4/c1-13-6-8-14(9-7-13)25(29)30-20-5-3-2-4-19(20)26-23(27)21-15-10-11-16(18-12-17(15)18)22(21)24(26)28/h2-11,15-18,21-22H,12H2,1H3/t15-,16-,17-,18+,21+,22+/m0/s1. The molecule has 2 saturated carbocycles. The van der Waals surface area contributed by atoms with Gasteiger partial charge in [0.2, 0.25) is 11.8 Å². The summed E-state index contributed by atoms with van der Waals surface area (Å²) >= 11 is 0. The molecular weight excluding hydrogens is 378 g/mol. The van der Waals surface area contributed by atoms with Crippen LogP contribution in [0.25, 0.3) is 0 Å². The van der Waals surface area contributed by atoms with Crippen molar-refractivity contribution in [2.24, 2.45) is 35.5 Å². The Hall–Kier alpha value is -3.21. The van der Waals surface area contributed by atoms with Gasteiger partial charge in [-0.1, -0.05) is 42.0 Å². The van der Waals surface area contributed by atoms with Crippen LogP contribution in [0.4, 0.5) is 5.69 Å². The molecule has 1 aliphatic heterocycles. The Balaban J connectivity index is 1.33. The molecule has 30 heavy (non-hydrogen) atoms. The number of rotatable bonds is 3. The zero-order valence-electron chi connectivity index (χ0n) is 16.5. The topological polar surface area (TPSA) is 63.7 Å². The van der Waals surface area contributed by atoms with Crippen molar-refractivity contribution in [3.8, 4) is 5.75 Å². The molecule has 0 aromatic heterocycles. The van der Waals surface area contributed by atoms with Crippen LogP contribution in [0, 0.1) is 42.4 Å². The second-order valence-electron chi connectivity index (χ2n) is 8.89. The van der Waals surface area contributed by atoms with Crippen LogP contribution >= 0.6 is 0 Å². The van der Waals surface area contributed by atoms with E-state index >= 15 is 0 Å². The summed E-state index contributed by atoms with van der Waals surface area (Å²) in [6.07, 6.45) is 5.43. The van der Waals surface area contributed by atoms with Crippen LogP contribution in [0.2, 0.25) is 0 Å². The summed E-state index contributed by atoms with van der Waals surface area (Å²) in [6.45, 7) is 1.94. The first kappa shape index (κ1) is 17.6. The van der Waals surface area contributed by atoms with Gasteiger partial charge in [-0.25, -0.2) is 9.69 Å². The van der Waals surface area contributed by atoms with E-state index in [4.69, 9.17) is 4.74 Å². The van der Waals surface area contributed by atoms with Crippen LogP contribution in [0.15, 0.2) is 60.7 Å². The number of hydrogen-bond donors (Lipinski definition) is 0. The maximum Gasteiger partial charge on any atom is 0.343 e. The smallest absolute Gasteiger partial charge is 0.343 e. The molecule has 2 aromatic rings. The second kappa shape index (κ2) is 6.14. The van der Waals surface area contributed by atoms with E-state index in [0.29, 0.717) is 23.1 Å². The summed E-state index contributed by atoms with van der Waals surface area (Å²) in [4.78, 5) is 40.7. The first-order valence-corrected chi connectivity index (χ1v) is 10.5. The van der Waals surface area contributed by atoms with Crippen molar-refractivity contribution >= 4 is 23.5 Å². The lowest BCUT2D eigenvalue weighted by molar-refractivity contribution is -0.124. The number of hydrogen-bond acceptors (Lipinski definition) is 4. The van der Waals surface area contributed by atoms with Crippen molar-refractivity contribution in [1.29, 1.82) is 0 Å². The van der Waals surface area contributed by atoms with Crippen molar-refractivity contribution in [1.82, 2.24) is 0 Å². The van der Waals surface area contributed by atoms with Gasteiger partial charge in [0.1, 0.15) is 0 Å². The minimum atomic E-state index is -0.512. The van der Waals surface area contributed by atoms with Crippen LogP contribution in [0.1, 0.15) is 22.3 Å². The van der Waals surface area contributed by atoms with Gasteiger partial charge in [0.15, 0.2) is 5.75 Å². The third-order valence-corrected chi connectivity index (χ3v) is 7.26. The number of benzene rings is 2. The first-order valence-electron chi connectivity index (χ1n) is 10.5.